The molecule has 1 atom stereocenters. The fourth-order valence-electron chi connectivity index (χ4n) is 1.48. The van der Waals surface area contributed by atoms with E-state index in [-0.39, 0.29) is 5.82 Å². The van der Waals surface area contributed by atoms with Gasteiger partial charge < -0.3 is 11.1 Å². The van der Waals surface area contributed by atoms with Gasteiger partial charge in [-0.2, -0.15) is 0 Å². The molecule has 0 aliphatic carbocycles. The molecule has 88 valence electrons. The van der Waals surface area contributed by atoms with Gasteiger partial charge in [0.05, 0.1) is 0 Å². The number of thiophene rings is 1. The third kappa shape index (κ3) is 2.82. The van der Waals surface area contributed by atoms with Crippen molar-refractivity contribution in [3.8, 4) is 0 Å². The molecule has 0 radical (unpaired) electrons. The molecular weight excluding hydrogens is 239 g/mol. The maximum absolute atomic E-state index is 13.0. The van der Waals surface area contributed by atoms with Gasteiger partial charge in [-0.05, 0) is 29.6 Å². The molecule has 2 aromatic rings. The molecule has 3 nitrogen and oxygen atoms in total. The van der Waals surface area contributed by atoms with Gasteiger partial charge in [0.25, 0.3) is 0 Å². The van der Waals surface area contributed by atoms with Crippen LogP contribution >= 0.6 is 11.3 Å². The van der Waals surface area contributed by atoms with Crippen molar-refractivity contribution < 1.29 is 9.18 Å². The first-order chi connectivity index (χ1) is 8.16. The quantitative estimate of drug-likeness (QED) is 0.876. The molecule has 0 aliphatic rings. The smallest absolute Gasteiger partial charge is 0.245 e. The van der Waals surface area contributed by atoms with Crippen LogP contribution in [0, 0.1) is 5.82 Å². The highest BCUT2D eigenvalue weighted by Crippen LogP contribution is 2.23. The predicted molar refractivity (Wildman–Crippen MR) is 66.3 cm³/mol. The molecule has 0 bridgehead atoms. The Morgan fingerprint density at radius 2 is 2.18 bits per heavy atom. The summed E-state index contributed by atoms with van der Waals surface area (Å²) in [5.41, 5.74) is 5.86. The van der Waals surface area contributed by atoms with Gasteiger partial charge in [-0.15, -0.1) is 11.3 Å². The van der Waals surface area contributed by atoms with E-state index in [0.29, 0.717) is 5.69 Å². The Balaban J connectivity index is 2.22. The van der Waals surface area contributed by atoms with Gasteiger partial charge in [0.15, 0.2) is 0 Å². The number of anilines is 1. The number of rotatable bonds is 4. The molecule has 1 amide bonds. The predicted octanol–water partition coefficient (Wildman–Crippen LogP) is 2.53. The molecule has 0 saturated heterocycles. The minimum absolute atomic E-state index is 0.357. The van der Waals surface area contributed by atoms with Gasteiger partial charge in [0.2, 0.25) is 5.91 Å². The normalized spacial score (nSPS) is 12.1. The summed E-state index contributed by atoms with van der Waals surface area (Å²) in [4.78, 5) is 12.2. The van der Waals surface area contributed by atoms with Crippen LogP contribution in [-0.2, 0) is 4.79 Å². The Kier molecular flexibility index (Phi) is 3.39. The van der Waals surface area contributed by atoms with E-state index < -0.39 is 11.9 Å². The number of primary amides is 1. The van der Waals surface area contributed by atoms with Crippen molar-refractivity contribution in [1.82, 2.24) is 0 Å². The number of benzene rings is 1. The highest BCUT2D eigenvalue weighted by molar-refractivity contribution is 7.10. The Hall–Kier alpha value is -1.88. The van der Waals surface area contributed by atoms with Gasteiger partial charge >= 0.3 is 0 Å². The summed E-state index contributed by atoms with van der Waals surface area (Å²) in [5.74, 6) is -0.846. The number of amides is 1. The SMILES string of the molecule is NC(=O)C(Nc1cccc(F)c1)c1cccs1. The summed E-state index contributed by atoms with van der Waals surface area (Å²) in [6.45, 7) is 0. The van der Waals surface area contributed by atoms with Gasteiger partial charge in [-0.3, -0.25) is 4.79 Å². The number of hydrogen-bond acceptors (Lipinski definition) is 3. The van der Waals surface area contributed by atoms with Crippen molar-refractivity contribution >= 4 is 22.9 Å². The first-order valence-corrected chi connectivity index (χ1v) is 5.89. The monoisotopic (exact) mass is 250 g/mol. The minimum Gasteiger partial charge on any atom is -0.369 e. The first-order valence-electron chi connectivity index (χ1n) is 5.01. The zero-order valence-electron chi connectivity index (χ0n) is 8.89. The number of carbonyl (C=O) groups excluding carboxylic acids is 1. The number of nitrogens with one attached hydrogen (secondary N) is 1. The highest BCUT2D eigenvalue weighted by Gasteiger charge is 2.18. The third-order valence-electron chi connectivity index (χ3n) is 2.25. The van der Waals surface area contributed by atoms with Crippen LogP contribution in [0.5, 0.6) is 0 Å². The molecule has 0 aliphatic heterocycles. The van der Waals surface area contributed by atoms with Gasteiger partial charge in [-0.25, -0.2) is 4.39 Å². The standard InChI is InChI=1S/C12H11FN2OS/c13-8-3-1-4-9(7-8)15-11(12(14)16)10-5-2-6-17-10/h1-7,11,15H,(H2,14,16). The van der Waals surface area contributed by atoms with E-state index in [9.17, 15) is 9.18 Å². The second-order valence-corrected chi connectivity index (χ2v) is 4.48. The fraction of sp³-hybridized carbons (Fsp3) is 0.0833. The fourth-order valence-corrected chi connectivity index (χ4v) is 2.27. The lowest BCUT2D eigenvalue weighted by atomic mass is 10.2. The van der Waals surface area contributed by atoms with Crippen LogP contribution in [0.3, 0.4) is 0 Å². The topological polar surface area (TPSA) is 55.1 Å². The van der Waals surface area contributed by atoms with E-state index in [2.05, 4.69) is 5.32 Å². The molecule has 1 aromatic carbocycles. The van der Waals surface area contributed by atoms with E-state index >= 15 is 0 Å². The summed E-state index contributed by atoms with van der Waals surface area (Å²) in [6.07, 6.45) is 0. The van der Waals surface area contributed by atoms with Crippen molar-refractivity contribution in [2.45, 2.75) is 6.04 Å². The second kappa shape index (κ2) is 4.97. The number of nitrogens with two attached hydrogens (primary N) is 1. The average Bonchev–Trinajstić information content (AvgIpc) is 2.78. The molecule has 0 fully saturated rings. The van der Waals surface area contributed by atoms with Crippen molar-refractivity contribution in [1.29, 1.82) is 0 Å². The third-order valence-corrected chi connectivity index (χ3v) is 3.19. The summed E-state index contributed by atoms with van der Waals surface area (Å²) in [6, 6.07) is 8.95. The van der Waals surface area contributed by atoms with E-state index in [1.807, 2.05) is 17.5 Å². The largest absolute Gasteiger partial charge is 0.369 e. The summed E-state index contributed by atoms with van der Waals surface area (Å²) in [5, 5.41) is 4.78. The highest BCUT2D eigenvalue weighted by atomic mass is 32.1. The van der Waals surface area contributed by atoms with Crippen molar-refractivity contribution in [2.75, 3.05) is 5.32 Å². The Morgan fingerprint density at radius 1 is 1.35 bits per heavy atom. The zero-order chi connectivity index (χ0) is 12.3. The molecule has 0 saturated carbocycles. The van der Waals surface area contributed by atoms with Crippen molar-refractivity contribution in [3.63, 3.8) is 0 Å². The molecule has 5 heteroatoms. The Bertz CT molecular complexity index is 513. The first kappa shape index (κ1) is 11.6. The lowest BCUT2D eigenvalue weighted by Crippen LogP contribution is -2.26. The summed E-state index contributed by atoms with van der Waals surface area (Å²) in [7, 11) is 0. The second-order valence-electron chi connectivity index (χ2n) is 3.51. The van der Waals surface area contributed by atoms with Crippen LogP contribution in [-0.4, -0.2) is 5.91 Å². The van der Waals surface area contributed by atoms with Crippen molar-refractivity contribution in [3.05, 3.63) is 52.5 Å². The maximum Gasteiger partial charge on any atom is 0.245 e. The summed E-state index contributed by atoms with van der Waals surface area (Å²) < 4.78 is 13.0. The molecular formula is C12H11FN2OS. The number of halogens is 1. The van der Waals surface area contributed by atoms with E-state index in [1.54, 1.807) is 12.1 Å². The van der Waals surface area contributed by atoms with Crippen LogP contribution in [0.1, 0.15) is 10.9 Å². The van der Waals surface area contributed by atoms with Crippen LogP contribution in [0.25, 0.3) is 0 Å². The molecule has 3 N–H and O–H groups in total. The van der Waals surface area contributed by atoms with Gasteiger partial charge in [-0.1, -0.05) is 12.1 Å². The van der Waals surface area contributed by atoms with Crippen LogP contribution in [0.4, 0.5) is 10.1 Å². The van der Waals surface area contributed by atoms with E-state index in [1.165, 1.54) is 23.5 Å². The van der Waals surface area contributed by atoms with Crippen LogP contribution < -0.4 is 11.1 Å². The van der Waals surface area contributed by atoms with Gasteiger partial charge in [0, 0.05) is 10.6 Å². The number of carbonyl (C=O) groups is 1. The summed E-state index contributed by atoms with van der Waals surface area (Å²) >= 11 is 1.43. The number of hydrogen-bond donors (Lipinski definition) is 2. The molecule has 17 heavy (non-hydrogen) atoms. The Labute approximate surface area is 102 Å². The minimum atomic E-state index is -0.628. The molecule has 0 spiro atoms. The molecule has 1 aromatic heterocycles. The zero-order valence-corrected chi connectivity index (χ0v) is 9.71. The Morgan fingerprint density at radius 3 is 2.76 bits per heavy atom. The van der Waals surface area contributed by atoms with Crippen molar-refractivity contribution in [2.24, 2.45) is 5.73 Å². The van der Waals surface area contributed by atoms with E-state index in [0.717, 1.165) is 4.88 Å². The molecule has 1 unspecified atom stereocenters. The van der Waals surface area contributed by atoms with Crippen LogP contribution in [0.15, 0.2) is 41.8 Å². The average molecular weight is 250 g/mol. The lowest BCUT2D eigenvalue weighted by Gasteiger charge is -2.15. The lowest BCUT2D eigenvalue weighted by molar-refractivity contribution is -0.118. The molecule has 2 rings (SSSR count). The molecule has 1 heterocycles. The van der Waals surface area contributed by atoms with Crippen LogP contribution in [0.2, 0.25) is 0 Å². The van der Waals surface area contributed by atoms with E-state index in [4.69, 9.17) is 5.73 Å². The maximum atomic E-state index is 13.0. The van der Waals surface area contributed by atoms with Gasteiger partial charge in [0.1, 0.15) is 11.9 Å².